The topological polar surface area (TPSA) is 81.0 Å². The third-order valence-electron chi connectivity index (χ3n) is 5.34. The van der Waals surface area contributed by atoms with Gasteiger partial charge in [0.15, 0.2) is 0 Å². The Morgan fingerprint density at radius 1 is 1.10 bits per heavy atom. The Morgan fingerprint density at radius 2 is 1.83 bits per heavy atom. The Labute approximate surface area is 173 Å². The molecular formula is C24H22FN3O2. The maximum Gasteiger partial charge on any atom is 0.265 e. The van der Waals surface area contributed by atoms with Crippen LogP contribution in [0, 0.1) is 26.6 Å². The van der Waals surface area contributed by atoms with Gasteiger partial charge in [0.25, 0.3) is 5.91 Å². The summed E-state index contributed by atoms with van der Waals surface area (Å²) in [6, 6.07) is 14.2. The molecule has 30 heavy (non-hydrogen) atoms. The molecule has 2 heterocycles. The second-order valence-electron chi connectivity index (χ2n) is 7.33. The van der Waals surface area contributed by atoms with Crippen LogP contribution in [0.1, 0.15) is 32.9 Å². The van der Waals surface area contributed by atoms with E-state index in [9.17, 15) is 9.18 Å². The number of nitrogens with two attached hydrogens (primary N) is 1. The van der Waals surface area contributed by atoms with E-state index in [1.165, 1.54) is 12.1 Å². The number of amides is 1. The highest BCUT2D eigenvalue weighted by Gasteiger charge is 2.23. The van der Waals surface area contributed by atoms with Crippen LogP contribution < -0.4 is 10.5 Å². The van der Waals surface area contributed by atoms with E-state index in [0.29, 0.717) is 40.2 Å². The van der Waals surface area contributed by atoms with Gasteiger partial charge in [-0.1, -0.05) is 30.3 Å². The number of nitrogens with zero attached hydrogens (tertiary/aromatic N) is 1. The van der Waals surface area contributed by atoms with Crippen LogP contribution in [-0.2, 0) is 6.61 Å². The van der Waals surface area contributed by atoms with Crippen molar-refractivity contribution in [3.05, 3.63) is 82.4 Å². The minimum atomic E-state index is -0.623. The lowest BCUT2D eigenvalue weighted by Gasteiger charge is -2.17. The van der Waals surface area contributed by atoms with Crippen molar-refractivity contribution in [3.63, 3.8) is 0 Å². The van der Waals surface area contributed by atoms with Crippen molar-refractivity contribution in [2.24, 2.45) is 5.73 Å². The van der Waals surface area contributed by atoms with Crippen molar-refractivity contribution in [1.29, 1.82) is 0 Å². The van der Waals surface area contributed by atoms with Crippen LogP contribution in [0.5, 0.6) is 5.75 Å². The summed E-state index contributed by atoms with van der Waals surface area (Å²) in [5.41, 5.74) is 11.0. The molecule has 0 spiro atoms. The van der Waals surface area contributed by atoms with E-state index in [0.717, 1.165) is 16.7 Å². The Kier molecular flexibility index (Phi) is 4.99. The molecule has 5 nitrogen and oxygen atoms in total. The molecule has 152 valence electrons. The van der Waals surface area contributed by atoms with Crippen molar-refractivity contribution < 1.29 is 13.9 Å². The van der Waals surface area contributed by atoms with Gasteiger partial charge in [0.2, 0.25) is 0 Å². The van der Waals surface area contributed by atoms with E-state index in [-0.39, 0.29) is 5.69 Å². The maximum atomic E-state index is 14.0. The summed E-state index contributed by atoms with van der Waals surface area (Å²) in [6.07, 6.45) is 0. The van der Waals surface area contributed by atoms with E-state index in [2.05, 4.69) is 4.98 Å². The Hall–Kier alpha value is -3.67. The molecule has 0 bridgehead atoms. The van der Waals surface area contributed by atoms with Gasteiger partial charge in [-0.15, -0.1) is 0 Å². The van der Waals surface area contributed by atoms with E-state index in [1.807, 2.05) is 51.1 Å². The molecule has 0 aliphatic heterocycles. The first-order valence-corrected chi connectivity index (χ1v) is 9.62. The largest absolute Gasteiger partial charge is 0.487 e. The van der Waals surface area contributed by atoms with Crippen LogP contribution >= 0.6 is 0 Å². The molecule has 4 rings (SSSR count). The zero-order valence-electron chi connectivity index (χ0n) is 17.0. The van der Waals surface area contributed by atoms with Crippen LogP contribution in [0.2, 0.25) is 0 Å². The molecule has 0 fully saturated rings. The number of hydrogen-bond acceptors (Lipinski definition) is 3. The second-order valence-corrected chi connectivity index (χ2v) is 7.33. The summed E-state index contributed by atoms with van der Waals surface area (Å²) in [6.45, 7) is 6.14. The summed E-state index contributed by atoms with van der Waals surface area (Å²) < 4.78 is 20.0. The number of pyridine rings is 1. The quantitative estimate of drug-likeness (QED) is 0.493. The molecule has 3 N–H and O–H groups in total. The first-order chi connectivity index (χ1) is 14.4. The number of primary amides is 1. The Bertz CT molecular complexity index is 1260. The monoisotopic (exact) mass is 403 g/mol. The van der Waals surface area contributed by atoms with Crippen molar-refractivity contribution in [2.45, 2.75) is 27.4 Å². The molecule has 0 aliphatic carbocycles. The normalized spacial score (nSPS) is 11.1. The number of fused-ring (bicyclic) bond motifs is 1. The molecule has 0 radical (unpaired) electrons. The van der Waals surface area contributed by atoms with Crippen LogP contribution in [0.15, 0.2) is 48.5 Å². The van der Waals surface area contributed by atoms with E-state index in [1.54, 1.807) is 6.07 Å². The summed E-state index contributed by atoms with van der Waals surface area (Å²) in [4.78, 5) is 19.8. The highest BCUT2D eigenvalue weighted by molar-refractivity contribution is 6.09. The maximum absolute atomic E-state index is 14.0. The number of benzene rings is 2. The number of nitrogens with one attached hydrogen (secondary N) is 1. The van der Waals surface area contributed by atoms with Gasteiger partial charge in [-0.3, -0.25) is 4.79 Å². The van der Waals surface area contributed by atoms with Gasteiger partial charge in [0.1, 0.15) is 23.9 Å². The van der Waals surface area contributed by atoms with Crippen LogP contribution in [-0.4, -0.2) is 15.9 Å². The fraction of sp³-hybridized carbons (Fsp3) is 0.167. The first-order valence-electron chi connectivity index (χ1n) is 9.62. The first kappa shape index (κ1) is 19.6. The van der Waals surface area contributed by atoms with Crippen molar-refractivity contribution in [3.8, 4) is 17.0 Å². The van der Waals surface area contributed by atoms with Gasteiger partial charge in [-0.25, -0.2) is 9.37 Å². The van der Waals surface area contributed by atoms with Gasteiger partial charge in [-0.2, -0.15) is 0 Å². The number of aromatic amines is 1. The lowest BCUT2D eigenvalue weighted by atomic mass is 9.98. The lowest BCUT2D eigenvalue weighted by molar-refractivity contribution is 0.0997. The van der Waals surface area contributed by atoms with Crippen LogP contribution in [0.25, 0.3) is 22.2 Å². The molecule has 2 aromatic carbocycles. The lowest BCUT2D eigenvalue weighted by Crippen LogP contribution is -2.13. The number of rotatable bonds is 5. The average molecular weight is 403 g/mol. The number of ether oxygens (including phenoxy) is 1. The Morgan fingerprint density at radius 3 is 2.53 bits per heavy atom. The summed E-state index contributed by atoms with van der Waals surface area (Å²) in [7, 11) is 0. The number of halogens is 1. The van der Waals surface area contributed by atoms with Crippen LogP contribution in [0.3, 0.4) is 0 Å². The van der Waals surface area contributed by atoms with Crippen molar-refractivity contribution in [2.75, 3.05) is 0 Å². The summed E-state index contributed by atoms with van der Waals surface area (Å²) in [5, 5.41) is 0.566. The van der Waals surface area contributed by atoms with Gasteiger partial charge in [0, 0.05) is 16.5 Å². The summed E-state index contributed by atoms with van der Waals surface area (Å²) in [5.74, 6) is -0.318. The molecule has 6 heteroatoms. The number of carbonyl (C=O) groups excluding carboxylic acids is 1. The SMILES string of the molecule is Cc1nc(-c2c(C(N)=O)[nH]c3ccc(F)cc23)c(C)c(C)c1OCc1ccccc1. The fourth-order valence-electron chi connectivity index (χ4n) is 3.70. The van der Waals surface area contributed by atoms with Gasteiger partial charge < -0.3 is 15.5 Å². The highest BCUT2D eigenvalue weighted by Crippen LogP contribution is 2.38. The predicted molar refractivity (Wildman–Crippen MR) is 115 cm³/mol. The zero-order chi connectivity index (χ0) is 21.4. The van der Waals surface area contributed by atoms with Gasteiger partial charge in [-0.05, 0) is 55.7 Å². The zero-order valence-corrected chi connectivity index (χ0v) is 17.0. The number of aryl methyl sites for hydroxylation is 1. The third kappa shape index (κ3) is 3.41. The standard InChI is InChI=1S/C24H22FN3O2/c1-13-14(2)23(30-12-16-7-5-4-6-8-16)15(3)27-21(13)20-18-11-17(25)9-10-19(18)28-22(20)24(26)29/h4-11,28H,12H2,1-3H3,(H2,26,29). The number of H-pyrrole nitrogens is 1. The van der Waals surface area contributed by atoms with Crippen molar-refractivity contribution in [1.82, 2.24) is 9.97 Å². The molecule has 2 aromatic heterocycles. The third-order valence-corrected chi connectivity index (χ3v) is 5.34. The van der Waals surface area contributed by atoms with Crippen LogP contribution in [0.4, 0.5) is 4.39 Å². The smallest absolute Gasteiger partial charge is 0.265 e. The summed E-state index contributed by atoms with van der Waals surface area (Å²) >= 11 is 0. The molecule has 0 atom stereocenters. The number of carbonyl (C=O) groups is 1. The molecule has 1 amide bonds. The molecular weight excluding hydrogens is 381 g/mol. The molecule has 0 saturated heterocycles. The molecule has 0 saturated carbocycles. The minimum Gasteiger partial charge on any atom is -0.487 e. The molecule has 0 unspecified atom stereocenters. The predicted octanol–water partition coefficient (Wildman–Crippen LogP) is 4.97. The fourth-order valence-corrected chi connectivity index (χ4v) is 3.70. The van der Waals surface area contributed by atoms with Crippen molar-refractivity contribution >= 4 is 16.8 Å². The Balaban J connectivity index is 1.84. The van der Waals surface area contributed by atoms with E-state index >= 15 is 0 Å². The second kappa shape index (κ2) is 7.63. The van der Waals surface area contributed by atoms with E-state index in [4.69, 9.17) is 15.5 Å². The van der Waals surface area contributed by atoms with Gasteiger partial charge >= 0.3 is 0 Å². The molecule has 0 aliphatic rings. The van der Waals surface area contributed by atoms with Gasteiger partial charge in [0.05, 0.1) is 11.4 Å². The number of aromatic nitrogens is 2. The highest BCUT2D eigenvalue weighted by atomic mass is 19.1. The number of hydrogen-bond donors (Lipinski definition) is 2. The molecule has 4 aromatic rings. The minimum absolute atomic E-state index is 0.211. The van der Waals surface area contributed by atoms with E-state index < -0.39 is 11.7 Å². The average Bonchev–Trinajstić information content (AvgIpc) is 3.10.